The van der Waals surface area contributed by atoms with Crippen LogP contribution in [0.4, 0.5) is 0 Å². The first-order chi connectivity index (χ1) is 5.70. The second-order valence-corrected chi connectivity index (χ2v) is 3.72. The van der Waals surface area contributed by atoms with Crippen LogP contribution in [0.2, 0.25) is 0 Å². The second kappa shape index (κ2) is 2.54. The van der Waals surface area contributed by atoms with Crippen LogP contribution in [0.25, 0.3) is 0 Å². The van der Waals surface area contributed by atoms with Crippen molar-refractivity contribution in [3.63, 3.8) is 0 Å². The van der Waals surface area contributed by atoms with Crippen LogP contribution in [-0.2, 0) is 14.3 Å². The van der Waals surface area contributed by atoms with Gasteiger partial charge in [0.25, 0.3) is 0 Å². The quantitative estimate of drug-likeness (QED) is 0.583. The van der Waals surface area contributed by atoms with Crippen LogP contribution in [-0.4, -0.2) is 31.2 Å². The summed E-state index contributed by atoms with van der Waals surface area (Å²) >= 11 is 0. The molecule has 1 saturated heterocycles. The molecule has 1 saturated carbocycles. The van der Waals surface area contributed by atoms with E-state index in [1.807, 2.05) is 6.92 Å². The molecule has 2 rings (SSSR count). The van der Waals surface area contributed by atoms with E-state index >= 15 is 0 Å². The lowest BCUT2D eigenvalue weighted by Crippen LogP contribution is -2.68. The minimum absolute atomic E-state index is 0.120. The van der Waals surface area contributed by atoms with Crippen molar-refractivity contribution < 1.29 is 14.3 Å². The van der Waals surface area contributed by atoms with Crippen molar-refractivity contribution in [1.29, 1.82) is 0 Å². The molecule has 0 unspecified atom stereocenters. The molecule has 1 aliphatic heterocycles. The zero-order valence-corrected chi connectivity index (χ0v) is 7.50. The molecule has 2 aliphatic rings. The first-order valence-electron chi connectivity index (χ1n) is 4.41. The van der Waals surface area contributed by atoms with E-state index in [0.29, 0.717) is 5.92 Å². The highest BCUT2D eigenvalue weighted by Crippen LogP contribution is 2.44. The normalized spacial score (nSPS) is 46.7. The van der Waals surface area contributed by atoms with E-state index in [0.717, 1.165) is 19.4 Å². The molecule has 12 heavy (non-hydrogen) atoms. The molecule has 0 aromatic carbocycles. The van der Waals surface area contributed by atoms with Gasteiger partial charge < -0.3 is 9.47 Å². The van der Waals surface area contributed by atoms with Crippen molar-refractivity contribution in [2.45, 2.75) is 31.5 Å². The highest BCUT2D eigenvalue weighted by atomic mass is 16.5. The van der Waals surface area contributed by atoms with E-state index in [1.165, 1.54) is 0 Å². The van der Waals surface area contributed by atoms with Gasteiger partial charge in [-0.05, 0) is 19.8 Å². The highest BCUT2D eigenvalue weighted by Gasteiger charge is 2.61. The topological polar surface area (TPSA) is 35.5 Å². The van der Waals surface area contributed by atoms with Crippen molar-refractivity contribution >= 4 is 5.78 Å². The summed E-state index contributed by atoms with van der Waals surface area (Å²) in [7, 11) is 1.60. The first kappa shape index (κ1) is 8.20. The SMILES string of the molecule is CO[C@]1(C)C(=O)[C@H]2OCCC[C@H]21. The van der Waals surface area contributed by atoms with Gasteiger partial charge in [0.1, 0.15) is 11.7 Å². The standard InChI is InChI=1S/C9H14O3/c1-9(11-2)6-4-3-5-12-7(6)8(9)10/h6-7H,3-5H2,1-2H3/t6-,7+,9+/m1/s1. The van der Waals surface area contributed by atoms with Gasteiger partial charge in [0, 0.05) is 19.6 Å². The van der Waals surface area contributed by atoms with E-state index in [-0.39, 0.29) is 11.9 Å². The predicted octanol–water partition coefficient (Wildman–Crippen LogP) is 0.769. The van der Waals surface area contributed by atoms with Crippen molar-refractivity contribution in [1.82, 2.24) is 0 Å². The molecule has 0 N–H and O–H groups in total. The van der Waals surface area contributed by atoms with E-state index in [1.54, 1.807) is 7.11 Å². The van der Waals surface area contributed by atoms with Crippen LogP contribution in [0, 0.1) is 5.92 Å². The van der Waals surface area contributed by atoms with Crippen LogP contribution in [0.3, 0.4) is 0 Å². The lowest BCUT2D eigenvalue weighted by Gasteiger charge is -2.51. The summed E-state index contributed by atoms with van der Waals surface area (Å²) in [6, 6.07) is 0. The van der Waals surface area contributed by atoms with Crippen molar-refractivity contribution in [3.8, 4) is 0 Å². The zero-order chi connectivity index (χ0) is 8.77. The molecule has 0 spiro atoms. The summed E-state index contributed by atoms with van der Waals surface area (Å²) in [6.45, 7) is 2.60. The Balaban J connectivity index is 2.15. The Morgan fingerprint density at radius 2 is 2.42 bits per heavy atom. The van der Waals surface area contributed by atoms with Gasteiger partial charge in [0.15, 0.2) is 5.78 Å². The maximum Gasteiger partial charge on any atom is 0.193 e. The number of rotatable bonds is 1. The number of Topliss-reactive ketones (excluding diaryl/α,β-unsaturated/α-hetero) is 1. The van der Waals surface area contributed by atoms with E-state index in [2.05, 4.69) is 0 Å². The van der Waals surface area contributed by atoms with Gasteiger partial charge >= 0.3 is 0 Å². The third kappa shape index (κ3) is 0.808. The second-order valence-electron chi connectivity index (χ2n) is 3.72. The summed E-state index contributed by atoms with van der Waals surface area (Å²) in [4.78, 5) is 11.5. The molecule has 1 heterocycles. The van der Waals surface area contributed by atoms with Crippen molar-refractivity contribution in [2.24, 2.45) is 5.92 Å². The Hall–Kier alpha value is -0.410. The minimum atomic E-state index is -0.551. The van der Waals surface area contributed by atoms with Gasteiger partial charge in [0.2, 0.25) is 0 Å². The lowest BCUT2D eigenvalue weighted by molar-refractivity contribution is -0.210. The molecule has 3 heteroatoms. The number of methoxy groups -OCH3 is 1. The summed E-state index contributed by atoms with van der Waals surface area (Å²) < 4.78 is 10.6. The van der Waals surface area contributed by atoms with Gasteiger partial charge in [-0.2, -0.15) is 0 Å². The maximum atomic E-state index is 11.5. The van der Waals surface area contributed by atoms with Gasteiger partial charge in [-0.25, -0.2) is 0 Å². The number of fused-ring (bicyclic) bond motifs is 1. The van der Waals surface area contributed by atoms with E-state index in [4.69, 9.17) is 9.47 Å². The first-order valence-corrected chi connectivity index (χ1v) is 4.41. The number of carbonyl (C=O) groups is 1. The third-order valence-corrected chi connectivity index (χ3v) is 3.20. The monoisotopic (exact) mass is 170 g/mol. The molecule has 2 fully saturated rings. The number of ketones is 1. The molecule has 0 bridgehead atoms. The van der Waals surface area contributed by atoms with Crippen LogP contribution >= 0.6 is 0 Å². The summed E-state index contributed by atoms with van der Waals surface area (Å²) in [5.41, 5.74) is -0.551. The predicted molar refractivity (Wildman–Crippen MR) is 42.9 cm³/mol. The highest BCUT2D eigenvalue weighted by molar-refractivity contribution is 5.98. The van der Waals surface area contributed by atoms with Gasteiger partial charge in [-0.15, -0.1) is 0 Å². The van der Waals surface area contributed by atoms with E-state index in [9.17, 15) is 4.79 Å². The Morgan fingerprint density at radius 3 is 3.08 bits per heavy atom. The fourth-order valence-electron chi connectivity index (χ4n) is 2.22. The molecule has 0 radical (unpaired) electrons. The number of ether oxygens (including phenoxy) is 2. The van der Waals surface area contributed by atoms with Crippen LogP contribution in [0.5, 0.6) is 0 Å². The Labute approximate surface area is 72.0 Å². The molecular formula is C9H14O3. The van der Waals surface area contributed by atoms with Gasteiger partial charge in [-0.1, -0.05) is 0 Å². The maximum absolute atomic E-state index is 11.5. The Morgan fingerprint density at radius 1 is 1.67 bits per heavy atom. The van der Waals surface area contributed by atoms with E-state index < -0.39 is 5.60 Å². The van der Waals surface area contributed by atoms with Gasteiger partial charge in [-0.3, -0.25) is 4.79 Å². The molecule has 3 nitrogen and oxygen atoms in total. The molecule has 68 valence electrons. The lowest BCUT2D eigenvalue weighted by atomic mass is 9.63. The summed E-state index contributed by atoms with van der Waals surface area (Å²) in [6.07, 6.45) is 1.94. The smallest absolute Gasteiger partial charge is 0.193 e. The molecule has 0 aromatic rings. The summed E-state index contributed by atoms with van der Waals surface area (Å²) in [5.74, 6) is 0.415. The van der Waals surface area contributed by atoms with Crippen molar-refractivity contribution in [2.75, 3.05) is 13.7 Å². The zero-order valence-electron chi connectivity index (χ0n) is 7.50. The van der Waals surface area contributed by atoms with Crippen molar-refractivity contribution in [3.05, 3.63) is 0 Å². The Bertz CT molecular complexity index is 214. The van der Waals surface area contributed by atoms with Crippen LogP contribution in [0.1, 0.15) is 19.8 Å². The fraction of sp³-hybridized carbons (Fsp3) is 0.889. The van der Waals surface area contributed by atoms with Crippen LogP contribution < -0.4 is 0 Å². The average molecular weight is 170 g/mol. The molecule has 3 atom stereocenters. The number of hydrogen-bond donors (Lipinski definition) is 0. The van der Waals surface area contributed by atoms with Crippen LogP contribution in [0.15, 0.2) is 0 Å². The number of hydrogen-bond acceptors (Lipinski definition) is 3. The average Bonchev–Trinajstić information content (AvgIpc) is 2.16. The minimum Gasteiger partial charge on any atom is -0.370 e. The van der Waals surface area contributed by atoms with Gasteiger partial charge in [0.05, 0.1) is 0 Å². The molecule has 0 amide bonds. The Kier molecular flexibility index (Phi) is 1.73. The molecular weight excluding hydrogens is 156 g/mol. The largest absolute Gasteiger partial charge is 0.370 e. The molecule has 0 aromatic heterocycles. The fourth-order valence-corrected chi connectivity index (χ4v) is 2.22. The molecule has 1 aliphatic carbocycles. The summed E-state index contributed by atoms with van der Waals surface area (Å²) in [5, 5.41) is 0. The number of carbonyl (C=O) groups excluding carboxylic acids is 1. The third-order valence-electron chi connectivity index (χ3n) is 3.20.